The maximum atomic E-state index is 9.35. The van der Waals surface area contributed by atoms with Gasteiger partial charge in [-0.15, -0.1) is 0 Å². The Kier molecular flexibility index (Phi) is 3.26. The average Bonchev–Trinajstić information content (AvgIpc) is 2.53. The van der Waals surface area contributed by atoms with Crippen molar-refractivity contribution in [2.45, 2.75) is 0 Å². The van der Waals surface area contributed by atoms with E-state index < -0.39 is 0 Å². The van der Waals surface area contributed by atoms with Gasteiger partial charge in [-0.1, -0.05) is 54.6 Å². The Morgan fingerprint density at radius 3 is 2.40 bits per heavy atom. The second kappa shape index (κ2) is 5.38. The van der Waals surface area contributed by atoms with Crippen LogP contribution >= 0.6 is 0 Å². The van der Waals surface area contributed by atoms with Crippen molar-refractivity contribution in [2.24, 2.45) is 0 Å². The molecular formula is C18H12N2. The molecule has 0 saturated heterocycles. The van der Waals surface area contributed by atoms with Gasteiger partial charge in [0.25, 0.3) is 0 Å². The number of rotatable bonds is 2. The SMILES string of the molecule is N#C/C(=C/c1ccccc1)c1cc2ccccc2cn1. The molecule has 1 heterocycles. The van der Waals surface area contributed by atoms with Crippen LogP contribution in [0.5, 0.6) is 0 Å². The van der Waals surface area contributed by atoms with Crippen LogP contribution < -0.4 is 0 Å². The Labute approximate surface area is 117 Å². The first kappa shape index (κ1) is 12.1. The number of nitrogens with zero attached hydrogens (tertiary/aromatic N) is 2. The highest BCUT2D eigenvalue weighted by Crippen LogP contribution is 2.20. The number of fused-ring (bicyclic) bond motifs is 1. The zero-order chi connectivity index (χ0) is 13.8. The Morgan fingerprint density at radius 2 is 1.65 bits per heavy atom. The lowest BCUT2D eigenvalue weighted by molar-refractivity contribution is 1.31. The van der Waals surface area contributed by atoms with Gasteiger partial charge in [-0.25, -0.2) is 0 Å². The average molecular weight is 256 g/mol. The van der Waals surface area contributed by atoms with E-state index >= 15 is 0 Å². The first-order valence-electron chi connectivity index (χ1n) is 6.39. The molecule has 0 aliphatic rings. The standard InChI is InChI=1S/C18H12N2/c19-12-17(10-14-6-2-1-3-7-14)18-11-15-8-4-5-9-16(15)13-20-18/h1-11,13H/b17-10-. The van der Waals surface area contributed by atoms with Crippen LogP contribution in [0.2, 0.25) is 0 Å². The maximum Gasteiger partial charge on any atom is 0.101 e. The number of benzene rings is 2. The minimum atomic E-state index is 0.571. The number of aromatic nitrogens is 1. The minimum Gasteiger partial charge on any atom is -0.255 e. The fraction of sp³-hybridized carbons (Fsp3) is 0. The number of allylic oxidation sites excluding steroid dienone is 1. The van der Waals surface area contributed by atoms with Gasteiger partial charge < -0.3 is 0 Å². The molecule has 1 aromatic heterocycles. The molecule has 0 fully saturated rings. The molecule has 94 valence electrons. The van der Waals surface area contributed by atoms with Gasteiger partial charge in [-0.3, -0.25) is 4.98 Å². The van der Waals surface area contributed by atoms with Crippen molar-refractivity contribution in [3.63, 3.8) is 0 Å². The van der Waals surface area contributed by atoms with Crippen molar-refractivity contribution >= 4 is 22.4 Å². The van der Waals surface area contributed by atoms with Crippen LogP contribution in [0.25, 0.3) is 22.4 Å². The van der Waals surface area contributed by atoms with Crippen LogP contribution in [0, 0.1) is 11.3 Å². The van der Waals surface area contributed by atoms with Gasteiger partial charge in [0.05, 0.1) is 11.3 Å². The van der Waals surface area contributed by atoms with Crippen molar-refractivity contribution in [1.82, 2.24) is 4.98 Å². The lowest BCUT2D eigenvalue weighted by Crippen LogP contribution is -1.88. The summed E-state index contributed by atoms with van der Waals surface area (Å²) >= 11 is 0. The van der Waals surface area contributed by atoms with Gasteiger partial charge in [0.15, 0.2) is 0 Å². The number of pyridine rings is 1. The smallest absolute Gasteiger partial charge is 0.101 e. The fourth-order valence-corrected chi connectivity index (χ4v) is 2.11. The highest BCUT2D eigenvalue weighted by Gasteiger charge is 2.04. The predicted molar refractivity (Wildman–Crippen MR) is 81.7 cm³/mol. The third-order valence-electron chi connectivity index (χ3n) is 3.14. The topological polar surface area (TPSA) is 36.7 Å². The second-order valence-corrected chi connectivity index (χ2v) is 4.50. The third-order valence-corrected chi connectivity index (χ3v) is 3.14. The summed E-state index contributed by atoms with van der Waals surface area (Å²) in [6.45, 7) is 0. The quantitative estimate of drug-likeness (QED) is 0.641. The molecule has 0 aliphatic carbocycles. The van der Waals surface area contributed by atoms with Crippen molar-refractivity contribution in [2.75, 3.05) is 0 Å². The summed E-state index contributed by atoms with van der Waals surface area (Å²) in [4.78, 5) is 4.38. The molecule has 0 spiro atoms. The minimum absolute atomic E-state index is 0.571. The van der Waals surface area contributed by atoms with E-state index in [2.05, 4.69) is 11.1 Å². The lowest BCUT2D eigenvalue weighted by atomic mass is 10.1. The van der Waals surface area contributed by atoms with Gasteiger partial charge in [0, 0.05) is 11.6 Å². The molecule has 0 bridgehead atoms. The monoisotopic (exact) mass is 256 g/mol. The molecule has 0 unspecified atom stereocenters. The Morgan fingerprint density at radius 1 is 0.950 bits per heavy atom. The van der Waals surface area contributed by atoms with Crippen LogP contribution in [0.15, 0.2) is 66.9 Å². The van der Waals surface area contributed by atoms with E-state index in [1.54, 1.807) is 6.20 Å². The van der Waals surface area contributed by atoms with Crippen molar-refractivity contribution < 1.29 is 0 Å². The highest BCUT2D eigenvalue weighted by molar-refractivity contribution is 5.92. The molecule has 0 aliphatic heterocycles. The van der Waals surface area contributed by atoms with E-state index in [4.69, 9.17) is 0 Å². The Balaban J connectivity index is 2.08. The Hall–Kier alpha value is -2.92. The van der Waals surface area contributed by atoms with Crippen LogP contribution in [0.3, 0.4) is 0 Å². The summed E-state index contributed by atoms with van der Waals surface area (Å²) in [6, 6.07) is 22.0. The predicted octanol–water partition coefficient (Wildman–Crippen LogP) is 4.30. The van der Waals surface area contributed by atoms with Crippen LogP contribution in [0.4, 0.5) is 0 Å². The van der Waals surface area contributed by atoms with E-state index in [0.717, 1.165) is 16.3 Å². The molecular weight excluding hydrogens is 244 g/mol. The van der Waals surface area contributed by atoms with E-state index in [9.17, 15) is 5.26 Å². The number of hydrogen-bond acceptors (Lipinski definition) is 2. The van der Waals surface area contributed by atoms with Gasteiger partial charge in [0.2, 0.25) is 0 Å². The van der Waals surface area contributed by atoms with Gasteiger partial charge in [-0.05, 0) is 23.1 Å². The summed E-state index contributed by atoms with van der Waals surface area (Å²) in [5, 5.41) is 11.5. The molecule has 3 aromatic rings. The number of hydrogen-bond donors (Lipinski definition) is 0. The highest BCUT2D eigenvalue weighted by atomic mass is 14.7. The zero-order valence-electron chi connectivity index (χ0n) is 10.8. The van der Waals surface area contributed by atoms with Crippen LogP contribution in [-0.4, -0.2) is 4.98 Å². The van der Waals surface area contributed by atoms with E-state index in [0.29, 0.717) is 11.3 Å². The van der Waals surface area contributed by atoms with Crippen LogP contribution in [0.1, 0.15) is 11.3 Å². The largest absolute Gasteiger partial charge is 0.255 e. The van der Waals surface area contributed by atoms with E-state index in [-0.39, 0.29) is 0 Å². The lowest BCUT2D eigenvalue weighted by Gasteiger charge is -2.02. The molecule has 0 radical (unpaired) electrons. The summed E-state index contributed by atoms with van der Waals surface area (Å²) in [5.74, 6) is 0. The normalized spacial score (nSPS) is 11.2. The van der Waals surface area contributed by atoms with Crippen LogP contribution in [-0.2, 0) is 0 Å². The summed E-state index contributed by atoms with van der Waals surface area (Å²) < 4.78 is 0. The fourth-order valence-electron chi connectivity index (χ4n) is 2.11. The molecule has 2 heteroatoms. The van der Waals surface area contributed by atoms with Crippen molar-refractivity contribution in [3.05, 3.63) is 78.1 Å². The molecule has 0 N–H and O–H groups in total. The van der Waals surface area contributed by atoms with E-state index in [1.165, 1.54) is 0 Å². The summed E-state index contributed by atoms with van der Waals surface area (Å²) in [6.07, 6.45) is 3.66. The number of nitriles is 1. The summed E-state index contributed by atoms with van der Waals surface area (Å²) in [7, 11) is 0. The van der Waals surface area contributed by atoms with Gasteiger partial charge in [-0.2, -0.15) is 5.26 Å². The molecule has 0 atom stereocenters. The first-order chi connectivity index (χ1) is 9.86. The van der Waals surface area contributed by atoms with E-state index in [1.807, 2.05) is 66.7 Å². The van der Waals surface area contributed by atoms with Gasteiger partial charge in [0.1, 0.15) is 6.07 Å². The molecule has 0 amide bonds. The molecule has 20 heavy (non-hydrogen) atoms. The Bertz CT molecular complexity index is 811. The summed E-state index contributed by atoms with van der Waals surface area (Å²) in [5.41, 5.74) is 2.27. The molecule has 3 rings (SSSR count). The maximum absolute atomic E-state index is 9.35. The molecule has 0 saturated carbocycles. The zero-order valence-corrected chi connectivity index (χ0v) is 10.8. The molecule has 2 nitrogen and oxygen atoms in total. The first-order valence-corrected chi connectivity index (χ1v) is 6.39. The van der Waals surface area contributed by atoms with Crippen molar-refractivity contribution in [3.8, 4) is 6.07 Å². The van der Waals surface area contributed by atoms with Crippen molar-refractivity contribution in [1.29, 1.82) is 5.26 Å². The third kappa shape index (κ3) is 2.43. The van der Waals surface area contributed by atoms with Gasteiger partial charge >= 0.3 is 0 Å². The second-order valence-electron chi connectivity index (χ2n) is 4.50. The molecule has 2 aromatic carbocycles.